The van der Waals surface area contributed by atoms with Crippen molar-refractivity contribution in [2.45, 2.75) is 6.42 Å². The van der Waals surface area contributed by atoms with E-state index in [-0.39, 0.29) is 11.7 Å². The van der Waals surface area contributed by atoms with E-state index < -0.39 is 0 Å². The first kappa shape index (κ1) is 15.5. The van der Waals surface area contributed by atoms with Crippen molar-refractivity contribution in [3.05, 3.63) is 58.1 Å². The topological polar surface area (TPSA) is 61.4 Å². The number of rotatable bonds is 5. The number of anilines is 1. The Balaban J connectivity index is 2.22. The van der Waals surface area contributed by atoms with Gasteiger partial charge in [-0.3, -0.25) is 4.79 Å². The van der Waals surface area contributed by atoms with Gasteiger partial charge in [-0.1, -0.05) is 34.1 Å². The Labute approximate surface area is 132 Å². The minimum Gasteiger partial charge on any atom is -0.506 e. The first-order valence-electron chi connectivity index (χ1n) is 6.64. The molecule has 0 heterocycles. The van der Waals surface area contributed by atoms with Gasteiger partial charge in [0.1, 0.15) is 5.75 Å². The third kappa shape index (κ3) is 4.06. The highest BCUT2D eigenvalue weighted by molar-refractivity contribution is 9.10. The molecule has 21 heavy (non-hydrogen) atoms. The van der Waals surface area contributed by atoms with E-state index in [4.69, 9.17) is 0 Å². The predicted molar refractivity (Wildman–Crippen MR) is 87.8 cm³/mol. The van der Waals surface area contributed by atoms with Crippen molar-refractivity contribution in [3.8, 4) is 5.75 Å². The van der Waals surface area contributed by atoms with Crippen LogP contribution < -0.4 is 10.6 Å². The molecule has 110 valence electrons. The molecule has 0 bridgehead atoms. The Morgan fingerprint density at radius 3 is 2.76 bits per heavy atom. The van der Waals surface area contributed by atoms with Crippen LogP contribution in [0.5, 0.6) is 5.75 Å². The summed E-state index contributed by atoms with van der Waals surface area (Å²) in [7, 11) is 1.88. The van der Waals surface area contributed by atoms with E-state index in [9.17, 15) is 9.90 Å². The van der Waals surface area contributed by atoms with Crippen LogP contribution in [0, 0.1) is 0 Å². The lowest BCUT2D eigenvalue weighted by Crippen LogP contribution is -2.17. The van der Waals surface area contributed by atoms with Gasteiger partial charge in [-0.2, -0.15) is 0 Å². The molecule has 5 heteroatoms. The monoisotopic (exact) mass is 348 g/mol. The van der Waals surface area contributed by atoms with Crippen LogP contribution in [0.4, 0.5) is 5.69 Å². The third-order valence-electron chi connectivity index (χ3n) is 3.11. The highest BCUT2D eigenvalue weighted by atomic mass is 79.9. The largest absolute Gasteiger partial charge is 0.506 e. The lowest BCUT2D eigenvalue weighted by Gasteiger charge is -2.11. The first-order chi connectivity index (χ1) is 10.1. The van der Waals surface area contributed by atoms with Gasteiger partial charge >= 0.3 is 0 Å². The molecule has 0 atom stereocenters. The van der Waals surface area contributed by atoms with E-state index in [1.54, 1.807) is 18.2 Å². The molecule has 2 aromatic rings. The highest BCUT2D eigenvalue weighted by Crippen LogP contribution is 2.27. The number of carbonyl (C=O) groups is 1. The van der Waals surface area contributed by atoms with Crippen molar-refractivity contribution >= 4 is 27.5 Å². The summed E-state index contributed by atoms with van der Waals surface area (Å²) in [6.45, 7) is 0.798. The zero-order chi connectivity index (χ0) is 15.2. The minimum absolute atomic E-state index is 0.0410. The second kappa shape index (κ2) is 7.24. The van der Waals surface area contributed by atoms with Crippen LogP contribution in [0.1, 0.15) is 15.9 Å². The summed E-state index contributed by atoms with van der Waals surface area (Å²) in [5.74, 6) is -0.186. The molecule has 0 radical (unpaired) electrons. The number of hydrogen-bond donors (Lipinski definition) is 3. The fourth-order valence-corrected chi connectivity index (χ4v) is 2.38. The van der Waals surface area contributed by atoms with E-state index in [0.29, 0.717) is 11.3 Å². The van der Waals surface area contributed by atoms with Gasteiger partial charge in [-0.05, 0) is 49.8 Å². The lowest BCUT2D eigenvalue weighted by molar-refractivity contribution is 0.102. The predicted octanol–water partition coefficient (Wildman–Crippen LogP) is 3.17. The molecule has 0 aliphatic carbocycles. The van der Waals surface area contributed by atoms with Gasteiger partial charge in [-0.25, -0.2) is 0 Å². The number of carbonyl (C=O) groups excluding carboxylic acids is 1. The molecule has 0 unspecified atom stereocenters. The van der Waals surface area contributed by atoms with Crippen LogP contribution in [0.2, 0.25) is 0 Å². The number of amides is 1. The molecule has 0 aliphatic rings. The van der Waals surface area contributed by atoms with Crippen molar-refractivity contribution in [1.29, 1.82) is 0 Å². The fraction of sp³-hybridized carbons (Fsp3) is 0.188. The molecule has 2 aromatic carbocycles. The molecule has 0 saturated carbocycles. The SMILES string of the molecule is CNCCc1ccccc1C(=O)Nc1cc(Br)ccc1O. The lowest BCUT2D eigenvalue weighted by atomic mass is 10.0. The van der Waals surface area contributed by atoms with Gasteiger partial charge in [0, 0.05) is 10.0 Å². The molecule has 0 aromatic heterocycles. The van der Waals surface area contributed by atoms with Crippen molar-refractivity contribution < 1.29 is 9.90 Å². The maximum absolute atomic E-state index is 12.4. The smallest absolute Gasteiger partial charge is 0.256 e. The number of benzene rings is 2. The summed E-state index contributed by atoms with van der Waals surface area (Å²) in [6.07, 6.45) is 0.768. The quantitative estimate of drug-likeness (QED) is 0.727. The molecule has 1 amide bonds. The van der Waals surface area contributed by atoms with E-state index >= 15 is 0 Å². The molecular formula is C16H17BrN2O2. The average molecular weight is 349 g/mol. The van der Waals surface area contributed by atoms with Gasteiger partial charge in [0.05, 0.1) is 5.69 Å². The molecule has 4 nitrogen and oxygen atoms in total. The zero-order valence-corrected chi connectivity index (χ0v) is 13.3. The second-order valence-electron chi connectivity index (χ2n) is 4.63. The number of halogens is 1. The molecule has 0 saturated heterocycles. The Bertz CT molecular complexity index is 644. The minimum atomic E-state index is -0.227. The summed E-state index contributed by atoms with van der Waals surface area (Å²) in [5.41, 5.74) is 1.98. The Morgan fingerprint density at radius 1 is 1.24 bits per heavy atom. The molecule has 2 rings (SSSR count). The maximum atomic E-state index is 12.4. The van der Waals surface area contributed by atoms with E-state index in [1.165, 1.54) is 6.07 Å². The number of hydrogen-bond acceptors (Lipinski definition) is 3. The van der Waals surface area contributed by atoms with Gasteiger partial charge < -0.3 is 15.7 Å². The van der Waals surface area contributed by atoms with Crippen LogP contribution in [0.25, 0.3) is 0 Å². The Morgan fingerprint density at radius 2 is 2.00 bits per heavy atom. The standard InChI is InChI=1S/C16H17BrN2O2/c1-18-9-8-11-4-2-3-5-13(11)16(21)19-14-10-12(17)6-7-15(14)20/h2-7,10,18,20H,8-9H2,1H3,(H,19,21). The van der Waals surface area contributed by atoms with Crippen LogP contribution in [-0.4, -0.2) is 24.6 Å². The van der Waals surface area contributed by atoms with Crippen molar-refractivity contribution in [3.63, 3.8) is 0 Å². The molecule has 0 aliphatic heterocycles. The van der Waals surface area contributed by atoms with Crippen molar-refractivity contribution in [2.75, 3.05) is 18.9 Å². The van der Waals surface area contributed by atoms with Crippen LogP contribution in [0.15, 0.2) is 46.9 Å². The molecule has 0 fully saturated rings. The number of phenolic OH excluding ortho intramolecular Hbond substituents is 1. The van der Waals surface area contributed by atoms with Crippen LogP contribution in [0.3, 0.4) is 0 Å². The summed E-state index contributed by atoms with van der Waals surface area (Å²) in [4.78, 5) is 12.4. The van der Waals surface area contributed by atoms with Crippen molar-refractivity contribution in [2.24, 2.45) is 0 Å². The Kier molecular flexibility index (Phi) is 5.36. The molecule has 3 N–H and O–H groups in total. The summed E-state index contributed by atoms with van der Waals surface area (Å²) in [5, 5.41) is 15.6. The van der Waals surface area contributed by atoms with Gasteiger partial charge in [0.2, 0.25) is 0 Å². The van der Waals surface area contributed by atoms with Crippen LogP contribution >= 0.6 is 15.9 Å². The maximum Gasteiger partial charge on any atom is 0.256 e. The van der Waals surface area contributed by atoms with E-state index in [2.05, 4.69) is 26.6 Å². The van der Waals surface area contributed by atoms with Gasteiger partial charge in [0.15, 0.2) is 0 Å². The normalized spacial score (nSPS) is 10.4. The molecular weight excluding hydrogens is 332 g/mol. The fourth-order valence-electron chi connectivity index (χ4n) is 2.02. The van der Waals surface area contributed by atoms with E-state index in [0.717, 1.165) is 23.0 Å². The molecule has 0 spiro atoms. The zero-order valence-electron chi connectivity index (χ0n) is 11.7. The van der Waals surface area contributed by atoms with Crippen molar-refractivity contribution in [1.82, 2.24) is 5.32 Å². The van der Waals surface area contributed by atoms with Gasteiger partial charge in [0.25, 0.3) is 5.91 Å². The van der Waals surface area contributed by atoms with Gasteiger partial charge in [-0.15, -0.1) is 0 Å². The van der Waals surface area contributed by atoms with Crippen LogP contribution in [-0.2, 0) is 6.42 Å². The second-order valence-corrected chi connectivity index (χ2v) is 5.54. The Hall–Kier alpha value is -1.85. The number of nitrogens with one attached hydrogen (secondary N) is 2. The van der Waals surface area contributed by atoms with E-state index in [1.807, 2.05) is 25.2 Å². The summed E-state index contributed by atoms with van der Waals surface area (Å²) in [6, 6.07) is 12.4. The third-order valence-corrected chi connectivity index (χ3v) is 3.61. The average Bonchev–Trinajstić information content (AvgIpc) is 2.49. The first-order valence-corrected chi connectivity index (χ1v) is 7.43. The highest BCUT2D eigenvalue weighted by Gasteiger charge is 2.12. The summed E-state index contributed by atoms with van der Waals surface area (Å²) < 4.78 is 0.791. The summed E-state index contributed by atoms with van der Waals surface area (Å²) >= 11 is 3.32. The number of aromatic hydroxyl groups is 1. The number of phenols is 1. The number of likely N-dealkylation sites (N-methyl/N-ethyl adjacent to an activating group) is 1.